The van der Waals surface area contributed by atoms with Crippen molar-refractivity contribution in [2.75, 3.05) is 12.4 Å². The highest BCUT2D eigenvalue weighted by atomic mass is 32.2. The highest BCUT2D eigenvalue weighted by Gasteiger charge is 2.29. The third-order valence-corrected chi connectivity index (χ3v) is 4.04. The Morgan fingerprint density at radius 1 is 1.67 bits per heavy atom. The highest BCUT2D eigenvalue weighted by Crippen LogP contribution is 2.25. The Bertz CT molecular complexity index is 401. The van der Waals surface area contributed by atoms with Crippen molar-refractivity contribution in [1.82, 2.24) is 5.32 Å². The molecule has 1 aliphatic carbocycles. The van der Waals surface area contributed by atoms with E-state index in [4.69, 9.17) is 9.15 Å². The van der Waals surface area contributed by atoms with E-state index in [-0.39, 0.29) is 12.0 Å². The number of hydrogen-bond acceptors (Lipinski definition) is 5. The minimum atomic E-state index is -0.225. The van der Waals surface area contributed by atoms with Gasteiger partial charge in [0.15, 0.2) is 0 Å². The Morgan fingerprint density at radius 2 is 2.44 bits per heavy atom. The van der Waals surface area contributed by atoms with Crippen molar-refractivity contribution in [1.29, 1.82) is 0 Å². The fourth-order valence-electron chi connectivity index (χ4n) is 1.66. The Morgan fingerprint density at radius 3 is 3.00 bits per heavy atom. The zero-order valence-corrected chi connectivity index (χ0v) is 11.6. The normalized spacial score (nSPS) is 16.6. The van der Waals surface area contributed by atoms with Crippen LogP contribution in [0.2, 0.25) is 0 Å². The largest absolute Gasteiger partial charge is 0.468 e. The Balaban J connectivity index is 1.87. The molecular formula is C13H19NO3S. The van der Waals surface area contributed by atoms with Crippen molar-refractivity contribution in [3.05, 3.63) is 18.1 Å². The first kappa shape index (κ1) is 13.5. The first-order valence-electron chi connectivity index (χ1n) is 6.30. The molecule has 1 aliphatic rings. The molecule has 1 saturated carbocycles. The fourth-order valence-corrected chi connectivity index (χ4v) is 2.64. The summed E-state index contributed by atoms with van der Waals surface area (Å²) in [6.45, 7) is 4.19. The average Bonchev–Trinajstić information content (AvgIpc) is 3.07. The summed E-state index contributed by atoms with van der Waals surface area (Å²) >= 11 is 1.63. The number of carbonyl (C=O) groups excluding carboxylic acids is 1. The van der Waals surface area contributed by atoms with Gasteiger partial charge in [0.05, 0.1) is 12.9 Å². The number of carbonyl (C=O) groups is 1. The van der Waals surface area contributed by atoms with Crippen LogP contribution in [-0.4, -0.2) is 30.4 Å². The Labute approximate surface area is 111 Å². The van der Waals surface area contributed by atoms with Crippen LogP contribution in [0.15, 0.2) is 21.6 Å². The summed E-state index contributed by atoms with van der Waals surface area (Å²) in [6.07, 6.45) is 3.99. The molecule has 1 aromatic rings. The second-order valence-corrected chi connectivity index (χ2v) is 5.46. The van der Waals surface area contributed by atoms with Gasteiger partial charge in [0, 0.05) is 16.7 Å². The summed E-state index contributed by atoms with van der Waals surface area (Å²) < 4.78 is 10.3. The molecule has 0 bridgehead atoms. The lowest BCUT2D eigenvalue weighted by Gasteiger charge is -2.16. The van der Waals surface area contributed by atoms with E-state index in [1.165, 1.54) is 0 Å². The zero-order valence-electron chi connectivity index (χ0n) is 10.8. The van der Waals surface area contributed by atoms with Crippen LogP contribution in [-0.2, 0) is 9.53 Å². The number of aryl methyl sites for hydroxylation is 1. The molecule has 2 rings (SSSR count). The maximum absolute atomic E-state index is 11.8. The molecule has 18 heavy (non-hydrogen) atoms. The molecular weight excluding hydrogens is 250 g/mol. The number of nitrogens with one attached hydrogen (secondary N) is 1. The first-order chi connectivity index (χ1) is 8.70. The van der Waals surface area contributed by atoms with Crippen molar-refractivity contribution in [3.8, 4) is 0 Å². The van der Waals surface area contributed by atoms with E-state index >= 15 is 0 Å². The topological polar surface area (TPSA) is 51.5 Å². The van der Waals surface area contributed by atoms with E-state index in [0.29, 0.717) is 18.4 Å². The van der Waals surface area contributed by atoms with E-state index in [1.54, 1.807) is 18.0 Å². The van der Waals surface area contributed by atoms with Crippen LogP contribution in [0.1, 0.15) is 25.5 Å². The van der Waals surface area contributed by atoms with Gasteiger partial charge in [0.25, 0.3) is 0 Å². The molecule has 1 heterocycles. The lowest BCUT2D eigenvalue weighted by atomic mass is 10.3. The third-order valence-electron chi connectivity index (χ3n) is 2.80. The number of ether oxygens (including phenoxy) is 1. The lowest BCUT2D eigenvalue weighted by Crippen LogP contribution is -2.41. The molecule has 1 unspecified atom stereocenters. The van der Waals surface area contributed by atoms with Crippen LogP contribution in [0.25, 0.3) is 0 Å². The number of hydrogen-bond donors (Lipinski definition) is 1. The molecule has 100 valence electrons. The van der Waals surface area contributed by atoms with Crippen LogP contribution in [0.3, 0.4) is 0 Å². The van der Waals surface area contributed by atoms with Gasteiger partial charge in [-0.25, -0.2) is 0 Å². The quantitative estimate of drug-likeness (QED) is 0.608. The molecule has 1 fully saturated rings. The fraction of sp³-hybridized carbons (Fsp3) is 0.615. The minimum absolute atomic E-state index is 0.155. The van der Waals surface area contributed by atoms with E-state index in [0.717, 1.165) is 23.5 Å². The molecule has 0 aliphatic heterocycles. The van der Waals surface area contributed by atoms with Gasteiger partial charge in [-0.1, -0.05) is 0 Å². The van der Waals surface area contributed by atoms with E-state index in [2.05, 4.69) is 5.32 Å². The average molecular weight is 269 g/mol. The lowest BCUT2D eigenvalue weighted by molar-refractivity contribution is -0.145. The van der Waals surface area contributed by atoms with Crippen molar-refractivity contribution in [3.63, 3.8) is 0 Å². The standard InChI is InChI=1S/C13H19NO3S/c1-3-16-13(15)11(14-10-4-5-10)8-18-12-6-7-17-9(12)2/h6-7,10-11,14H,3-5,8H2,1-2H3. The van der Waals surface area contributed by atoms with Gasteiger partial charge in [-0.15, -0.1) is 11.8 Å². The predicted octanol–water partition coefficient (Wildman–Crippen LogP) is 2.36. The number of furan rings is 1. The molecule has 0 saturated heterocycles. The summed E-state index contributed by atoms with van der Waals surface area (Å²) in [6, 6.07) is 2.20. The van der Waals surface area contributed by atoms with Gasteiger partial charge >= 0.3 is 5.97 Å². The van der Waals surface area contributed by atoms with E-state index in [9.17, 15) is 4.79 Å². The van der Waals surface area contributed by atoms with Crippen LogP contribution < -0.4 is 5.32 Å². The monoisotopic (exact) mass is 269 g/mol. The second kappa shape index (κ2) is 6.29. The predicted molar refractivity (Wildman–Crippen MR) is 70.7 cm³/mol. The summed E-state index contributed by atoms with van der Waals surface area (Å²) in [5.41, 5.74) is 0. The minimum Gasteiger partial charge on any atom is -0.468 e. The number of rotatable bonds is 7. The van der Waals surface area contributed by atoms with Crippen LogP contribution in [0.4, 0.5) is 0 Å². The van der Waals surface area contributed by atoms with Crippen molar-refractivity contribution < 1.29 is 13.9 Å². The van der Waals surface area contributed by atoms with Gasteiger partial charge in [-0.2, -0.15) is 0 Å². The number of esters is 1. The summed E-state index contributed by atoms with van der Waals surface area (Å²) in [4.78, 5) is 12.9. The molecule has 1 aromatic heterocycles. The Kier molecular flexibility index (Phi) is 4.72. The highest BCUT2D eigenvalue weighted by molar-refractivity contribution is 7.99. The smallest absolute Gasteiger partial charge is 0.324 e. The molecule has 5 heteroatoms. The maximum atomic E-state index is 11.8. The summed E-state index contributed by atoms with van der Waals surface area (Å²) in [5, 5.41) is 3.33. The van der Waals surface area contributed by atoms with Crippen molar-refractivity contribution in [2.45, 2.75) is 43.7 Å². The molecule has 1 N–H and O–H groups in total. The zero-order chi connectivity index (χ0) is 13.0. The van der Waals surface area contributed by atoms with E-state index in [1.807, 2.05) is 19.9 Å². The van der Waals surface area contributed by atoms with Gasteiger partial charge in [-0.3, -0.25) is 4.79 Å². The molecule has 0 radical (unpaired) electrons. The molecule has 0 spiro atoms. The van der Waals surface area contributed by atoms with Gasteiger partial charge in [-0.05, 0) is 32.8 Å². The van der Waals surface area contributed by atoms with Crippen molar-refractivity contribution >= 4 is 17.7 Å². The third kappa shape index (κ3) is 3.78. The SMILES string of the molecule is CCOC(=O)C(CSc1ccoc1C)NC1CC1. The molecule has 0 amide bonds. The molecule has 4 nitrogen and oxygen atoms in total. The van der Waals surface area contributed by atoms with Gasteiger partial charge in [0.2, 0.25) is 0 Å². The Hall–Kier alpha value is -0.940. The molecule has 0 aromatic carbocycles. The van der Waals surface area contributed by atoms with Crippen LogP contribution in [0, 0.1) is 6.92 Å². The van der Waals surface area contributed by atoms with Crippen molar-refractivity contribution in [2.24, 2.45) is 0 Å². The van der Waals surface area contributed by atoms with Crippen LogP contribution in [0.5, 0.6) is 0 Å². The van der Waals surface area contributed by atoms with Gasteiger partial charge < -0.3 is 14.5 Å². The van der Waals surface area contributed by atoms with Crippen LogP contribution >= 0.6 is 11.8 Å². The maximum Gasteiger partial charge on any atom is 0.324 e. The summed E-state index contributed by atoms with van der Waals surface area (Å²) in [5.74, 6) is 1.42. The summed E-state index contributed by atoms with van der Waals surface area (Å²) in [7, 11) is 0. The number of thioether (sulfide) groups is 1. The van der Waals surface area contributed by atoms with E-state index < -0.39 is 0 Å². The first-order valence-corrected chi connectivity index (χ1v) is 7.29. The van der Waals surface area contributed by atoms with Gasteiger partial charge in [0.1, 0.15) is 11.8 Å². The second-order valence-electron chi connectivity index (χ2n) is 4.40. The molecule has 1 atom stereocenters.